The highest BCUT2D eigenvalue weighted by molar-refractivity contribution is 7.91. The van der Waals surface area contributed by atoms with Crippen molar-refractivity contribution in [3.05, 3.63) is 95.3 Å². The normalized spacial score (nSPS) is 11.8. The topological polar surface area (TPSA) is 60.2 Å². The van der Waals surface area contributed by atoms with Gasteiger partial charge in [0, 0.05) is 6.54 Å². The van der Waals surface area contributed by atoms with E-state index < -0.39 is 9.84 Å². The molecule has 5 heteroatoms. The van der Waals surface area contributed by atoms with E-state index in [9.17, 15) is 12.8 Å². The maximum atomic E-state index is 12.9. The lowest BCUT2D eigenvalue weighted by atomic mass is 10.1. The smallest absolute Gasteiger partial charge is 0.206 e. The number of sulfone groups is 1. The van der Waals surface area contributed by atoms with Gasteiger partial charge < -0.3 is 5.73 Å². The van der Waals surface area contributed by atoms with E-state index >= 15 is 0 Å². The van der Waals surface area contributed by atoms with Crippen molar-refractivity contribution >= 4 is 22.0 Å². The van der Waals surface area contributed by atoms with Crippen molar-refractivity contribution < 1.29 is 12.8 Å². The van der Waals surface area contributed by atoms with Crippen LogP contribution in [0.1, 0.15) is 16.7 Å². The van der Waals surface area contributed by atoms with Crippen molar-refractivity contribution in [1.29, 1.82) is 0 Å². The lowest BCUT2D eigenvalue weighted by molar-refractivity contribution is 0.595. The molecule has 0 radical (unpaired) electrons. The van der Waals surface area contributed by atoms with E-state index in [0.29, 0.717) is 5.56 Å². The minimum absolute atomic E-state index is 0.161. The summed E-state index contributed by atoms with van der Waals surface area (Å²) in [5.74, 6) is -0.283. The van der Waals surface area contributed by atoms with Gasteiger partial charge >= 0.3 is 0 Å². The Morgan fingerprint density at radius 3 is 1.92 bits per heavy atom. The van der Waals surface area contributed by atoms with Gasteiger partial charge in [0.15, 0.2) is 0 Å². The van der Waals surface area contributed by atoms with Crippen LogP contribution in [0.2, 0.25) is 0 Å². The molecule has 0 bridgehead atoms. The summed E-state index contributed by atoms with van der Waals surface area (Å²) in [6.07, 6.45) is 3.68. The van der Waals surface area contributed by atoms with Crippen molar-refractivity contribution in [1.82, 2.24) is 0 Å². The van der Waals surface area contributed by atoms with Crippen LogP contribution in [0.15, 0.2) is 82.6 Å². The highest BCUT2D eigenvalue weighted by atomic mass is 32.2. The SMILES string of the molecule is NCc1ccccc1S(=O)(=O)c1ccc(C=Cc2ccc(F)cc2)cc1. The van der Waals surface area contributed by atoms with Gasteiger partial charge in [-0.25, -0.2) is 12.8 Å². The number of rotatable bonds is 5. The van der Waals surface area contributed by atoms with Gasteiger partial charge in [-0.15, -0.1) is 0 Å². The number of hydrogen-bond donors (Lipinski definition) is 1. The molecule has 0 saturated carbocycles. The maximum absolute atomic E-state index is 12.9. The molecule has 0 unspecified atom stereocenters. The molecule has 0 aromatic heterocycles. The Balaban J connectivity index is 1.86. The van der Waals surface area contributed by atoms with E-state index in [0.717, 1.165) is 11.1 Å². The molecule has 0 atom stereocenters. The summed E-state index contributed by atoms with van der Waals surface area (Å²) in [5, 5.41) is 0. The molecular weight excluding hydrogens is 349 g/mol. The third kappa shape index (κ3) is 3.90. The monoisotopic (exact) mass is 367 g/mol. The molecule has 3 aromatic carbocycles. The van der Waals surface area contributed by atoms with Gasteiger partial charge in [0.1, 0.15) is 5.82 Å². The molecule has 0 fully saturated rings. The second kappa shape index (κ2) is 7.64. The first-order valence-electron chi connectivity index (χ1n) is 8.07. The molecule has 3 nitrogen and oxygen atoms in total. The standard InChI is InChI=1S/C21H18FNO2S/c22-19-11-7-16(8-12-19)5-6-17-9-13-20(14-10-17)26(24,25)21-4-2-1-3-18(21)15-23/h1-14H,15,23H2. The number of halogens is 1. The lowest BCUT2D eigenvalue weighted by Crippen LogP contribution is -2.08. The fourth-order valence-electron chi connectivity index (χ4n) is 2.59. The highest BCUT2D eigenvalue weighted by Crippen LogP contribution is 2.24. The Bertz CT molecular complexity index is 1020. The van der Waals surface area contributed by atoms with Gasteiger partial charge in [0.05, 0.1) is 9.79 Å². The van der Waals surface area contributed by atoms with Gasteiger partial charge in [-0.2, -0.15) is 0 Å². The molecule has 0 aliphatic carbocycles. The van der Waals surface area contributed by atoms with Crippen molar-refractivity contribution in [3.8, 4) is 0 Å². The zero-order valence-electron chi connectivity index (χ0n) is 14.0. The third-order valence-corrected chi connectivity index (χ3v) is 5.88. The van der Waals surface area contributed by atoms with Crippen molar-refractivity contribution in [2.45, 2.75) is 16.3 Å². The van der Waals surface area contributed by atoms with Crippen molar-refractivity contribution in [2.24, 2.45) is 5.73 Å². The molecule has 0 heterocycles. The van der Waals surface area contributed by atoms with Gasteiger partial charge in [-0.05, 0) is 47.0 Å². The number of hydrogen-bond acceptors (Lipinski definition) is 3. The van der Waals surface area contributed by atoms with Crippen molar-refractivity contribution in [3.63, 3.8) is 0 Å². The fourth-order valence-corrected chi connectivity index (χ4v) is 4.09. The Morgan fingerprint density at radius 1 is 0.808 bits per heavy atom. The van der Waals surface area contributed by atoms with Crippen LogP contribution in [-0.4, -0.2) is 8.42 Å². The van der Waals surface area contributed by atoms with Crippen LogP contribution < -0.4 is 5.73 Å². The van der Waals surface area contributed by atoms with E-state index in [2.05, 4.69) is 0 Å². The zero-order chi connectivity index (χ0) is 18.6. The summed E-state index contributed by atoms with van der Waals surface area (Å²) < 4.78 is 38.6. The van der Waals surface area contributed by atoms with Crippen LogP contribution in [0.4, 0.5) is 4.39 Å². The van der Waals surface area contributed by atoms with Crippen LogP contribution in [0.25, 0.3) is 12.2 Å². The lowest BCUT2D eigenvalue weighted by Gasteiger charge is -2.09. The molecule has 0 amide bonds. The molecule has 0 aliphatic heterocycles. The first-order valence-corrected chi connectivity index (χ1v) is 9.56. The van der Waals surface area contributed by atoms with Crippen LogP contribution >= 0.6 is 0 Å². The quantitative estimate of drug-likeness (QED) is 0.685. The van der Waals surface area contributed by atoms with E-state index in [1.807, 2.05) is 12.2 Å². The zero-order valence-corrected chi connectivity index (χ0v) is 14.8. The van der Waals surface area contributed by atoms with Gasteiger partial charge in [-0.1, -0.05) is 54.6 Å². The van der Waals surface area contributed by atoms with E-state index in [1.54, 1.807) is 60.7 Å². The Labute approximate surface area is 152 Å². The Hall–Kier alpha value is -2.76. The van der Waals surface area contributed by atoms with Crippen LogP contribution in [0, 0.1) is 5.82 Å². The van der Waals surface area contributed by atoms with E-state index in [4.69, 9.17) is 5.73 Å². The van der Waals surface area contributed by atoms with Gasteiger partial charge in [-0.3, -0.25) is 0 Å². The summed E-state index contributed by atoms with van der Waals surface area (Å²) in [5.41, 5.74) is 7.96. The molecule has 3 rings (SSSR count). The average Bonchev–Trinajstić information content (AvgIpc) is 2.68. The Kier molecular flexibility index (Phi) is 5.30. The summed E-state index contributed by atoms with van der Waals surface area (Å²) in [7, 11) is -3.62. The molecule has 0 spiro atoms. The summed E-state index contributed by atoms with van der Waals surface area (Å²) in [6.45, 7) is 0.161. The molecule has 0 saturated heterocycles. The number of nitrogens with two attached hydrogens (primary N) is 1. The van der Waals surface area contributed by atoms with E-state index in [1.165, 1.54) is 12.1 Å². The van der Waals surface area contributed by atoms with Gasteiger partial charge in [0.25, 0.3) is 0 Å². The molecule has 2 N–H and O–H groups in total. The summed E-state index contributed by atoms with van der Waals surface area (Å²) in [6, 6.07) is 19.5. The number of benzene rings is 3. The molecular formula is C21H18FNO2S. The van der Waals surface area contributed by atoms with E-state index in [-0.39, 0.29) is 22.2 Å². The predicted molar refractivity (Wildman–Crippen MR) is 102 cm³/mol. The highest BCUT2D eigenvalue weighted by Gasteiger charge is 2.20. The first kappa shape index (κ1) is 18.0. The minimum Gasteiger partial charge on any atom is -0.326 e. The van der Waals surface area contributed by atoms with Crippen LogP contribution in [0.5, 0.6) is 0 Å². The molecule has 3 aromatic rings. The molecule has 132 valence electrons. The fraction of sp³-hybridized carbons (Fsp3) is 0.0476. The van der Waals surface area contributed by atoms with Crippen LogP contribution in [0.3, 0.4) is 0 Å². The minimum atomic E-state index is -3.62. The third-order valence-electron chi connectivity index (χ3n) is 4.01. The maximum Gasteiger partial charge on any atom is 0.206 e. The second-order valence-electron chi connectivity index (χ2n) is 5.77. The second-order valence-corrected chi connectivity index (χ2v) is 7.69. The summed E-state index contributed by atoms with van der Waals surface area (Å²) in [4.78, 5) is 0.453. The Morgan fingerprint density at radius 2 is 1.35 bits per heavy atom. The average molecular weight is 367 g/mol. The summed E-state index contributed by atoms with van der Waals surface area (Å²) >= 11 is 0. The molecule has 0 aliphatic rings. The predicted octanol–water partition coefficient (Wildman–Crippen LogP) is 4.29. The van der Waals surface area contributed by atoms with Gasteiger partial charge in [0.2, 0.25) is 9.84 Å². The van der Waals surface area contributed by atoms with Crippen molar-refractivity contribution in [2.75, 3.05) is 0 Å². The van der Waals surface area contributed by atoms with Crippen LogP contribution in [-0.2, 0) is 16.4 Å². The first-order chi connectivity index (χ1) is 12.5. The molecule has 26 heavy (non-hydrogen) atoms. The largest absolute Gasteiger partial charge is 0.326 e.